The predicted octanol–water partition coefficient (Wildman–Crippen LogP) is 4.20. The van der Waals surface area contributed by atoms with Crippen molar-refractivity contribution in [1.82, 2.24) is 35.2 Å². The Morgan fingerprint density at radius 3 is 2.58 bits per heavy atom. The van der Waals surface area contributed by atoms with Crippen molar-refractivity contribution in [1.29, 1.82) is 0 Å². The molecule has 1 saturated carbocycles. The summed E-state index contributed by atoms with van der Waals surface area (Å²) in [6.45, 7) is 4.57. The molecule has 3 aromatic rings. The van der Waals surface area contributed by atoms with Gasteiger partial charge in [0, 0.05) is 43.7 Å². The van der Waals surface area contributed by atoms with Gasteiger partial charge >= 0.3 is 5.97 Å². The lowest BCUT2D eigenvalue weighted by Crippen LogP contribution is -2.43. The maximum atomic E-state index is 12.6. The van der Waals surface area contributed by atoms with Crippen LogP contribution in [0, 0.1) is 5.92 Å². The van der Waals surface area contributed by atoms with Gasteiger partial charge in [0.25, 0.3) is 0 Å². The highest BCUT2D eigenvalue weighted by atomic mass is 16.4. The lowest BCUT2D eigenvalue weighted by Gasteiger charge is -2.33. The number of hydrogen-bond acceptors (Lipinski definition) is 10. The quantitative estimate of drug-likeness (QED) is 0.116. The van der Waals surface area contributed by atoms with Crippen molar-refractivity contribution < 1.29 is 14.7 Å². The number of anilines is 2. The van der Waals surface area contributed by atoms with Crippen LogP contribution < -0.4 is 21.7 Å². The van der Waals surface area contributed by atoms with Gasteiger partial charge in [0.1, 0.15) is 11.9 Å². The molecule has 0 radical (unpaired) electrons. The number of carboxylic acids is 1. The first kappa shape index (κ1) is 35.5. The number of benzene rings is 1. The average molecular weight is 663 g/mol. The van der Waals surface area contributed by atoms with Crippen LogP contribution in [0.1, 0.15) is 89.2 Å². The highest BCUT2D eigenvalue weighted by Gasteiger charge is 2.25. The van der Waals surface area contributed by atoms with Crippen LogP contribution in [-0.2, 0) is 22.6 Å². The second-order valence-electron chi connectivity index (χ2n) is 13.4. The molecule has 6 N–H and O–H groups in total. The summed E-state index contributed by atoms with van der Waals surface area (Å²) in [7, 11) is 0. The van der Waals surface area contributed by atoms with Crippen LogP contribution in [0.25, 0.3) is 10.9 Å². The van der Waals surface area contributed by atoms with E-state index in [-0.39, 0.29) is 24.8 Å². The zero-order chi connectivity index (χ0) is 33.6. The fraction of sp³-hybridized carbons (Fsp3) is 0.657. The van der Waals surface area contributed by atoms with Crippen molar-refractivity contribution in [2.75, 3.05) is 43.4 Å². The van der Waals surface area contributed by atoms with Crippen molar-refractivity contribution in [3.05, 3.63) is 36.2 Å². The van der Waals surface area contributed by atoms with Crippen LogP contribution in [0.15, 0.2) is 30.5 Å². The summed E-state index contributed by atoms with van der Waals surface area (Å²) in [5.74, 6) is 1.16. The molecule has 1 atom stereocenters. The van der Waals surface area contributed by atoms with Crippen LogP contribution in [0.4, 0.5) is 11.8 Å². The zero-order valence-corrected chi connectivity index (χ0v) is 28.3. The maximum absolute atomic E-state index is 12.6. The molecule has 1 saturated heterocycles. The van der Waals surface area contributed by atoms with Gasteiger partial charge < -0.3 is 31.7 Å². The Labute approximate surface area is 283 Å². The second kappa shape index (κ2) is 18.6. The lowest BCUT2D eigenvalue weighted by atomic mass is 9.86. The summed E-state index contributed by atoms with van der Waals surface area (Å²) in [6, 6.07) is 7.07. The average Bonchev–Trinajstić information content (AvgIpc) is 3.56. The number of rotatable bonds is 19. The molecule has 3 heterocycles. The molecule has 13 heteroatoms. The summed E-state index contributed by atoms with van der Waals surface area (Å²) in [4.78, 5) is 34.9. The Bertz CT molecular complexity index is 1430. The molecule has 1 aliphatic heterocycles. The van der Waals surface area contributed by atoms with E-state index in [1.54, 1.807) is 4.90 Å². The summed E-state index contributed by atoms with van der Waals surface area (Å²) in [5.41, 5.74) is 7.43. The number of carboxylic acid groups (broad SMARTS) is 1. The van der Waals surface area contributed by atoms with E-state index in [0.717, 1.165) is 67.1 Å². The number of hydrogen-bond donors (Lipinski definition) is 5. The number of nitrogens with two attached hydrogens (primary N) is 1. The van der Waals surface area contributed by atoms with Crippen LogP contribution >= 0.6 is 0 Å². The second-order valence-corrected chi connectivity index (χ2v) is 13.4. The zero-order valence-electron chi connectivity index (χ0n) is 28.3. The molecule has 1 aromatic carbocycles. The normalized spacial score (nSPS) is 16.6. The minimum Gasteiger partial charge on any atom is -0.480 e. The number of aliphatic carboxylic acids is 1. The van der Waals surface area contributed by atoms with Gasteiger partial charge in [-0.3, -0.25) is 14.3 Å². The van der Waals surface area contributed by atoms with E-state index in [0.29, 0.717) is 32.1 Å². The highest BCUT2D eigenvalue weighted by Crippen LogP contribution is 2.28. The number of piperidine rings is 1. The van der Waals surface area contributed by atoms with Gasteiger partial charge in [-0.25, -0.2) is 4.98 Å². The molecule has 2 fully saturated rings. The Hall–Kier alpha value is -3.84. The molecular weight excluding hydrogens is 608 g/mol. The number of fused-ring (bicyclic) bond motifs is 1. The number of aryl methyl sites for hydroxylation is 1. The number of carbonyl (C=O) groups excluding carboxylic acids is 1. The fourth-order valence-corrected chi connectivity index (χ4v) is 6.82. The van der Waals surface area contributed by atoms with Crippen LogP contribution in [0.3, 0.4) is 0 Å². The van der Waals surface area contributed by atoms with E-state index >= 15 is 0 Å². The van der Waals surface area contributed by atoms with Crippen molar-refractivity contribution in [2.45, 2.75) is 109 Å². The van der Waals surface area contributed by atoms with Crippen molar-refractivity contribution in [3.8, 4) is 0 Å². The van der Waals surface area contributed by atoms with Gasteiger partial charge in [0.15, 0.2) is 0 Å². The number of nitrogens with one attached hydrogen (secondary N) is 3. The van der Waals surface area contributed by atoms with Crippen LogP contribution in [0.5, 0.6) is 0 Å². The summed E-state index contributed by atoms with van der Waals surface area (Å²) in [6.07, 6.45) is 17.1. The molecule has 1 aliphatic carbocycles. The van der Waals surface area contributed by atoms with Gasteiger partial charge in [0.05, 0.1) is 17.8 Å². The Kier molecular flexibility index (Phi) is 13.8. The number of aromatic nitrogens is 5. The smallest absolute Gasteiger partial charge is 0.320 e. The van der Waals surface area contributed by atoms with Crippen molar-refractivity contribution in [2.24, 2.45) is 11.7 Å². The number of carbonyl (C=O) groups is 2. The highest BCUT2D eigenvalue weighted by molar-refractivity contribution is 5.90. The SMILES string of the molecule is NC(CCC(=O)N1CCC(Nc2nc(NCCn3cc(CCCNCCCCC4CCCCC4)nn3)nc3ccccc23)CC1)C(=O)O. The van der Waals surface area contributed by atoms with E-state index in [4.69, 9.17) is 20.8 Å². The molecule has 5 rings (SSSR count). The van der Waals surface area contributed by atoms with Gasteiger partial charge in [0.2, 0.25) is 11.9 Å². The standard InChI is InChI=1S/C35H54N10O3/c36-30(34(47)48)15-16-32(46)44-22-17-27(18-23-44)39-33-29-13-4-5-14-31(29)40-35(41-33)38-21-24-45-25-28(42-43-45)12-8-20-37-19-7-6-11-26-9-2-1-3-10-26/h4-5,13-14,25-27,30,37H,1-3,6-12,15-24,36H2,(H,47,48)(H2,38,39,40,41). The molecule has 1 unspecified atom stereocenters. The van der Waals surface area contributed by atoms with E-state index < -0.39 is 12.0 Å². The summed E-state index contributed by atoms with van der Waals surface area (Å²) in [5, 5.41) is 29.1. The van der Waals surface area contributed by atoms with E-state index in [2.05, 4.69) is 26.3 Å². The number of nitrogens with zero attached hydrogens (tertiary/aromatic N) is 6. The third-order valence-electron chi connectivity index (χ3n) is 9.72. The van der Waals surface area contributed by atoms with Gasteiger partial charge in [-0.05, 0) is 69.7 Å². The Morgan fingerprint density at radius 1 is 0.979 bits per heavy atom. The van der Waals surface area contributed by atoms with E-state index in [1.165, 1.54) is 51.4 Å². The molecule has 2 aromatic heterocycles. The van der Waals surface area contributed by atoms with Crippen molar-refractivity contribution in [3.63, 3.8) is 0 Å². The van der Waals surface area contributed by atoms with Crippen molar-refractivity contribution >= 4 is 34.5 Å². The first-order valence-corrected chi connectivity index (χ1v) is 18.1. The summed E-state index contributed by atoms with van der Waals surface area (Å²) < 4.78 is 1.87. The third-order valence-corrected chi connectivity index (χ3v) is 9.72. The molecule has 1 amide bonds. The van der Waals surface area contributed by atoms with E-state index in [9.17, 15) is 9.59 Å². The number of amides is 1. The first-order valence-electron chi connectivity index (χ1n) is 18.1. The summed E-state index contributed by atoms with van der Waals surface area (Å²) >= 11 is 0. The molecule has 48 heavy (non-hydrogen) atoms. The molecule has 0 bridgehead atoms. The first-order chi connectivity index (χ1) is 23.4. The van der Waals surface area contributed by atoms with Crippen LogP contribution in [0.2, 0.25) is 0 Å². The van der Waals surface area contributed by atoms with Gasteiger partial charge in [-0.1, -0.05) is 62.3 Å². The lowest BCUT2D eigenvalue weighted by molar-refractivity contribution is -0.139. The molecular formula is C35H54N10O3. The van der Waals surface area contributed by atoms with Gasteiger partial charge in [-0.15, -0.1) is 5.10 Å². The Balaban J connectivity index is 1.01. The molecule has 2 aliphatic rings. The number of para-hydroxylation sites is 1. The minimum absolute atomic E-state index is 0.0500. The number of likely N-dealkylation sites (tertiary alicyclic amines) is 1. The fourth-order valence-electron chi connectivity index (χ4n) is 6.82. The molecule has 13 nitrogen and oxygen atoms in total. The predicted molar refractivity (Wildman–Crippen MR) is 188 cm³/mol. The van der Waals surface area contributed by atoms with Gasteiger partial charge in [-0.2, -0.15) is 4.98 Å². The van der Waals surface area contributed by atoms with E-state index in [1.807, 2.05) is 35.1 Å². The molecule has 262 valence electrons. The Morgan fingerprint density at radius 2 is 1.77 bits per heavy atom. The maximum Gasteiger partial charge on any atom is 0.320 e. The number of unbranched alkanes of at least 4 members (excludes halogenated alkanes) is 1. The minimum atomic E-state index is -1.08. The third kappa shape index (κ3) is 11.1. The largest absolute Gasteiger partial charge is 0.480 e. The van der Waals surface area contributed by atoms with Crippen LogP contribution in [-0.4, -0.2) is 91.7 Å². The molecule has 0 spiro atoms. The topological polar surface area (TPSA) is 176 Å². The monoisotopic (exact) mass is 662 g/mol.